The van der Waals surface area contributed by atoms with Crippen LogP contribution in [0.25, 0.3) is 0 Å². The zero-order valence-electron chi connectivity index (χ0n) is 26.3. The first-order valence-electron chi connectivity index (χ1n) is 16.4. The summed E-state index contributed by atoms with van der Waals surface area (Å²) in [5.74, 6) is -1.66. The van der Waals surface area contributed by atoms with Crippen molar-refractivity contribution in [3.63, 3.8) is 0 Å². The van der Waals surface area contributed by atoms with Crippen molar-refractivity contribution in [2.75, 3.05) is 13.6 Å². The summed E-state index contributed by atoms with van der Waals surface area (Å²) in [6.45, 7) is 6.68. The number of carbonyl (C=O) groups excluding carboxylic acids is 5. The summed E-state index contributed by atoms with van der Waals surface area (Å²) in [6, 6.07) is 5.49. The number of hydrogen-bond acceptors (Lipinski definition) is 6. The van der Waals surface area contributed by atoms with Crippen molar-refractivity contribution < 1.29 is 28.7 Å². The minimum atomic E-state index is -0.936. The van der Waals surface area contributed by atoms with Gasteiger partial charge in [0.15, 0.2) is 0 Å². The number of ether oxygens (including phenoxy) is 1. The van der Waals surface area contributed by atoms with Crippen LogP contribution in [0.3, 0.4) is 0 Å². The number of rotatable bonds is 10. The standard InChI is InChI=1S/C34H46N4O6/c1-18-8-7-11-25(18)44-33(43)37-27(22-15-20-9-5-6-10-21(20)16-22)32(42)38-17-23-26(34(23,2)3)28(38)30(40)36-24(14-19-12-13-19)29(39)31(41)35-4/h5-6,9-10,18-19,22-28H,7-8,11-17H2,1-4H3,(H,35,41)(H,36,40)(H,37,43). The number of Topliss-reactive ketones (excluding diaryl/α,β-unsaturated/α-hetero) is 1. The molecule has 4 fully saturated rings. The van der Waals surface area contributed by atoms with Crippen molar-refractivity contribution in [1.82, 2.24) is 20.9 Å². The van der Waals surface area contributed by atoms with Crippen LogP contribution in [-0.4, -0.2) is 72.3 Å². The zero-order valence-corrected chi connectivity index (χ0v) is 26.3. The lowest BCUT2D eigenvalue weighted by Crippen LogP contribution is -2.59. The summed E-state index contributed by atoms with van der Waals surface area (Å²) in [7, 11) is 1.40. The van der Waals surface area contributed by atoms with Gasteiger partial charge in [-0.2, -0.15) is 0 Å². The van der Waals surface area contributed by atoms with Gasteiger partial charge < -0.3 is 25.6 Å². The van der Waals surface area contributed by atoms with Gasteiger partial charge in [-0.15, -0.1) is 0 Å². The van der Waals surface area contributed by atoms with Crippen LogP contribution in [0.15, 0.2) is 24.3 Å². The van der Waals surface area contributed by atoms with E-state index in [1.807, 2.05) is 12.1 Å². The maximum absolute atomic E-state index is 14.5. The third-order valence-electron chi connectivity index (χ3n) is 11.2. The van der Waals surface area contributed by atoms with Crippen LogP contribution >= 0.6 is 0 Å². The first-order chi connectivity index (χ1) is 21.0. The summed E-state index contributed by atoms with van der Waals surface area (Å²) in [6.07, 6.45) is 5.67. The molecule has 0 aromatic heterocycles. The summed E-state index contributed by atoms with van der Waals surface area (Å²) >= 11 is 0. The number of carbonyl (C=O) groups is 5. The average Bonchev–Trinajstić information content (AvgIpc) is 3.63. The number of amides is 4. The molecule has 1 aromatic rings. The number of likely N-dealkylation sites (N-methyl/N-ethyl adjacent to an activating group) is 1. The van der Waals surface area contributed by atoms with E-state index >= 15 is 0 Å². The van der Waals surface area contributed by atoms with Gasteiger partial charge in [0, 0.05) is 13.6 Å². The fraction of sp³-hybridized carbons (Fsp3) is 0.676. The van der Waals surface area contributed by atoms with E-state index in [-0.39, 0.29) is 41.1 Å². The normalized spacial score (nSPS) is 29.6. The smallest absolute Gasteiger partial charge is 0.408 e. The first-order valence-corrected chi connectivity index (χ1v) is 16.4. The van der Waals surface area contributed by atoms with Crippen molar-refractivity contribution in [1.29, 1.82) is 0 Å². The largest absolute Gasteiger partial charge is 0.446 e. The molecule has 10 heteroatoms. The topological polar surface area (TPSA) is 134 Å². The highest BCUT2D eigenvalue weighted by Crippen LogP contribution is 2.65. The number of hydrogen-bond donors (Lipinski definition) is 3. The van der Waals surface area contributed by atoms with Gasteiger partial charge in [-0.3, -0.25) is 19.2 Å². The number of ketones is 1. The summed E-state index contributed by atoms with van der Waals surface area (Å²) in [5, 5.41) is 8.22. The van der Waals surface area contributed by atoms with Gasteiger partial charge >= 0.3 is 6.09 Å². The van der Waals surface area contributed by atoms with E-state index in [0.29, 0.717) is 31.7 Å². The van der Waals surface area contributed by atoms with Gasteiger partial charge in [-0.25, -0.2) is 4.79 Å². The predicted octanol–water partition coefficient (Wildman–Crippen LogP) is 2.77. The van der Waals surface area contributed by atoms with Crippen LogP contribution in [0.5, 0.6) is 0 Å². The molecule has 6 rings (SSSR count). The third-order valence-corrected chi connectivity index (χ3v) is 11.2. The Balaban J connectivity index is 1.23. The number of alkyl carbamates (subject to hydrolysis) is 1. The molecule has 238 valence electrons. The summed E-state index contributed by atoms with van der Waals surface area (Å²) in [4.78, 5) is 68.6. The van der Waals surface area contributed by atoms with Gasteiger partial charge in [0.1, 0.15) is 18.2 Å². The molecule has 44 heavy (non-hydrogen) atoms. The molecule has 1 saturated heterocycles. The van der Waals surface area contributed by atoms with E-state index < -0.39 is 41.8 Å². The molecule has 10 nitrogen and oxygen atoms in total. The molecular formula is C34H46N4O6. The molecule has 4 amide bonds. The number of benzene rings is 1. The van der Waals surface area contributed by atoms with Crippen molar-refractivity contribution >= 4 is 29.6 Å². The van der Waals surface area contributed by atoms with Crippen molar-refractivity contribution in [2.45, 2.75) is 96.4 Å². The molecule has 1 aliphatic heterocycles. The molecule has 0 bridgehead atoms. The lowest BCUT2D eigenvalue weighted by atomic mass is 9.93. The molecule has 3 saturated carbocycles. The molecule has 0 spiro atoms. The van der Waals surface area contributed by atoms with Crippen LogP contribution < -0.4 is 16.0 Å². The summed E-state index contributed by atoms with van der Waals surface area (Å²) in [5.41, 5.74) is 2.18. The summed E-state index contributed by atoms with van der Waals surface area (Å²) < 4.78 is 5.82. The Morgan fingerprint density at radius 1 is 1.00 bits per heavy atom. The van der Waals surface area contributed by atoms with Gasteiger partial charge in [0.2, 0.25) is 17.6 Å². The second-order valence-corrected chi connectivity index (χ2v) is 14.5. The highest BCUT2D eigenvalue weighted by atomic mass is 16.6. The molecule has 3 N–H and O–H groups in total. The second kappa shape index (κ2) is 11.8. The fourth-order valence-corrected chi connectivity index (χ4v) is 8.24. The zero-order chi connectivity index (χ0) is 31.3. The fourth-order valence-electron chi connectivity index (χ4n) is 8.24. The van der Waals surface area contributed by atoms with E-state index in [1.165, 1.54) is 7.05 Å². The van der Waals surface area contributed by atoms with E-state index in [9.17, 15) is 24.0 Å². The van der Waals surface area contributed by atoms with Crippen molar-refractivity contribution in [2.24, 2.45) is 35.0 Å². The van der Waals surface area contributed by atoms with Crippen molar-refractivity contribution in [3.8, 4) is 0 Å². The SMILES string of the molecule is CNC(=O)C(=O)C(CC1CC1)NC(=O)C1C2C(CN1C(=O)C(NC(=O)OC1CCCC1C)C1Cc3ccccc3C1)C2(C)C. The Morgan fingerprint density at radius 2 is 1.68 bits per heavy atom. The van der Waals surface area contributed by atoms with E-state index in [2.05, 4.69) is 48.9 Å². The van der Waals surface area contributed by atoms with E-state index in [1.54, 1.807) is 4.90 Å². The maximum Gasteiger partial charge on any atom is 0.408 e. The highest BCUT2D eigenvalue weighted by molar-refractivity contribution is 6.38. The number of likely N-dealkylation sites (tertiary alicyclic amines) is 1. The Kier molecular flexibility index (Phi) is 8.22. The predicted molar refractivity (Wildman–Crippen MR) is 162 cm³/mol. The number of fused-ring (bicyclic) bond motifs is 2. The minimum Gasteiger partial charge on any atom is -0.446 e. The maximum atomic E-state index is 14.5. The van der Waals surface area contributed by atoms with Gasteiger partial charge in [0.05, 0.1) is 6.04 Å². The van der Waals surface area contributed by atoms with Crippen LogP contribution in [0.1, 0.15) is 70.4 Å². The molecule has 0 radical (unpaired) electrons. The molecule has 5 aliphatic rings. The molecule has 1 heterocycles. The Labute approximate surface area is 259 Å². The van der Waals surface area contributed by atoms with Crippen LogP contribution in [-0.2, 0) is 36.8 Å². The third kappa shape index (κ3) is 5.84. The molecule has 7 atom stereocenters. The van der Waals surface area contributed by atoms with Crippen molar-refractivity contribution in [3.05, 3.63) is 35.4 Å². The molecule has 4 aliphatic carbocycles. The number of nitrogens with one attached hydrogen (secondary N) is 3. The quantitative estimate of drug-likeness (QED) is 0.351. The average molecular weight is 607 g/mol. The number of piperidine rings is 1. The van der Waals surface area contributed by atoms with Crippen LogP contribution in [0, 0.1) is 35.0 Å². The van der Waals surface area contributed by atoms with E-state index in [0.717, 1.165) is 43.2 Å². The lowest BCUT2D eigenvalue weighted by Gasteiger charge is -2.35. The van der Waals surface area contributed by atoms with Crippen LogP contribution in [0.4, 0.5) is 4.79 Å². The Morgan fingerprint density at radius 3 is 2.27 bits per heavy atom. The van der Waals surface area contributed by atoms with Gasteiger partial charge in [-0.05, 0) is 84.7 Å². The highest BCUT2D eigenvalue weighted by Gasteiger charge is 2.70. The Hall–Kier alpha value is -3.43. The van der Waals surface area contributed by atoms with Gasteiger partial charge in [-0.1, -0.05) is 57.9 Å². The minimum absolute atomic E-state index is 0.0733. The molecular weight excluding hydrogens is 560 g/mol. The Bertz CT molecular complexity index is 1320. The molecule has 1 aromatic carbocycles. The number of nitrogens with zero attached hydrogens (tertiary/aromatic N) is 1. The second-order valence-electron chi connectivity index (χ2n) is 14.5. The monoisotopic (exact) mass is 606 g/mol. The van der Waals surface area contributed by atoms with Crippen LogP contribution in [0.2, 0.25) is 0 Å². The first kappa shape index (κ1) is 30.6. The lowest BCUT2D eigenvalue weighted by molar-refractivity contribution is -0.144. The molecule has 7 unspecified atom stereocenters. The van der Waals surface area contributed by atoms with Gasteiger partial charge in [0.25, 0.3) is 5.91 Å². The van der Waals surface area contributed by atoms with E-state index in [4.69, 9.17) is 4.74 Å².